The molecule has 1 saturated heterocycles. The Bertz CT molecular complexity index is 631. The van der Waals surface area contributed by atoms with Crippen LogP contribution in [-0.4, -0.2) is 67.0 Å². The number of likely N-dealkylation sites (tertiary alicyclic amines) is 1. The number of nitrogens with one attached hydrogen (secondary N) is 2. The molecule has 1 aromatic heterocycles. The average molecular weight is 407 g/mol. The molecule has 1 aliphatic carbocycles. The number of thiophene rings is 1. The topological polar surface area (TPSA) is 64.7 Å². The van der Waals surface area contributed by atoms with Crippen LogP contribution in [-0.2, 0) is 0 Å². The molecule has 2 heterocycles. The zero-order valence-electron chi connectivity index (χ0n) is 17.2. The molecule has 0 radical (unpaired) electrons. The molecule has 2 fully saturated rings. The Kier molecular flexibility index (Phi) is 7.35. The predicted octanol–water partition coefficient (Wildman–Crippen LogP) is 3.31. The molecule has 0 bridgehead atoms. The average Bonchev–Trinajstić information content (AvgIpc) is 3.12. The van der Waals surface area contributed by atoms with Crippen molar-refractivity contribution in [3.05, 3.63) is 22.4 Å². The van der Waals surface area contributed by atoms with E-state index in [1.165, 1.54) is 37.0 Å². The largest absolute Gasteiger partial charge is 0.348 e. The zero-order valence-corrected chi connectivity index (χ0v) is 18.0. The molecule has 1 aromatic rings. The third-order valence-electron chi connectivity index (χ3n) is 6.41. The number of carbonyl (C=O) groups excluding carboxylic acids is 2. The van der Waals surface area contributed by atoms with Crippen LogP contribution in [0.4, 0.5) is 4.79 Å². The molecule has 0 spiro atoms. The van der Waals surface area contributed by atoms with Crippen LogP contribution < -0.4 is 10.6 Å². The van der Waals surface area contributed by atoms with Crippen LogP contribution in [0.15, 0.2) is 17.5 Å². The van der Waals surface area contributed by atoms with E-state index in [0.717, 1.165) is 30.6 Å². The summed E-state index contributed by atoms with van der Waals surface area (Å²) in [5.74, 6) is -0.000750. The minimum absolute atomic E-state index is 0.000750. The maximum Gasteiger partial charge on any atom is 0.317 e. The van der Waals surface area contributed by atoms with Gasteiger partial charge in [-0.05, 0) is 51.2 Å². The number of rotatable bonds is 5. The van der Waals surface area contributed by atoms with E-state index < -0.39 is 0 Å². The molecule has 2 aliphatic rings. The molecule has 28 heavy (non-hydrogen) atoms. The Morgan fingerprint density at radius 3 is 2.43 bits per heavy atom. The number of hydrogen-bond donors (Lipinski definition) is 2. The number of nitrogens with zero attached hydrogens (tertiary/aromatic N) is 2. The second-order valence-electron chi connectivity index (χ2n) is 8.40. The molecule has 2 N–H and O–H groups in total. The van der Waals surface area contributed by atoms with Crippen molar-refractivity contribution in [1.82, 2.24) is 20.4 Å². The summed E-state index contributed by atoms with van der Waals surface area (Å²) in [5.41, 5.74) is 0.0825. The van der Waals surface area contributed by atoms with Gasteiger partial charge in [-0.3, -0.25) is 4.79 Å². The number of amides is 3. The van der Waals surface area contributed by atoms with Crippen LogP contribution >= 0.6 is 11.3 Å². The highest BCUT2D eigenvalue weighted by Gasteiger charge is 2.34. The van der Waals surface area contributed by atoms with Gasteiger partial charge in [-0.1, -0.05) is 31.7 Å². The van der Waals surface area contributed by atoms with Gasteiger partial charge in [-0.25, -0.2) is 4.79 Å². The second-order valence-corrected chi connectivity index (χ2v) is 9.35. The van der Waals surface area contributed by atoms with Crippen molar-refractivity contribution in [1.29, 1.82) is 0 Å². The molecule has 0 unspecified atom stereocenters. The van der Waals surface area contributed by atoms with E-state index in [1.54, 1.807) is 0 Å². The molecule has 0 aromatic carbocycles. The van der Waals surface area contributed by atoms with Crippen molar-refractivity contribution in [3.63, 3.8) is 0 Å². The molecule has 7 heteroatoms. The number of hydrogen-bond acceptors (Lipinski definition) is 4. The highest BCUT2D eigenvalue weighted by Crippen LogP contribution is 2.30. The van der Waals surface area contributed by atoms with Crippen molar-refractivity contribution in [3.8, 4) is 0 Å². The summed E-state index contributed by atoms with van der Waals surface area (Å²) in [5, 5.41) is 8.22. The lowest BCUT2D eigenvalue weighted by molar-refractivity contribution is 0.0919. The molecule has 0 atom stereocenters. The first-order valence-corrected chi connectivity index (χ1v) is 11.4. The monoisotopic (exact) mass is 406 g/mol. The summed E-state index contributed by atoms with van der Waals surface area (Å²) in [4.78, 5) is 29.9. The Hall–Kier alpha value is -1.60. The molecule has 6 nitrogen and oxygen atoms in total. The van der Waals surface area contributed by atoms with Crippen LogP contribution in [0.3, 0.4) is 0 Å². The minimum atomic E-state index is -0.000750. The van der Waals surface area contributed by atoms with Crippen molar-refractivity contribution in [2.75, 3.05) is 33.7 Å². The van der Waals surface area contributed by atoms with Crippen LogP contribution in [0.25, 0.3) is 0 Å². The molecule has 156 valence electrons. The first-order valence-electron chi connectivity index (χ1n) is 10.5. The SMILES string of the molecule is CN(C)C1(CNC(=O)N2CCC(NC(=O)c3cccs3)CC2)CCCCCC1. The number of carbonyl (C=O) groups is 2. The van der Waals surface area contributed by atoms with E-state index in [0.29, 0.717) is 19.6 Å². The van der Waals surface area contributed by atoms with Gasteiger partial charge in [0.2, 0.25) is 0 Å². The zero-order chi connectivity index (χ0) is 20.0. The summed E-state index contributed by atoms with van der Waals surface area (Å²) in [6.45, 7) is 2.10. The number of urea groups is 1. The summed E-state index contributed by atoms with van der Waals surface area (Å²) >= 11 is 1.46. The van der Waals surface area contributed by atoms with Gasteiger partial charge in [0, 0.05) is 31.2 Å². The van der Waals surface area contributed by atoms with E-state index >= 15 is 0 Å². The Labute approximate surface area is 172 Å². The number of piperidine rings is 1. The van der Waals surface area contributed by atoms with E-state index in [4.69, 9.17) is 0 Å². The van der Waals surface area contributed by atoms with Gasteiger partial charge >= 0.3 is 6.03 Å². The molecular formula is C21H34N4O2S. The summed E-state index contributed by atoms with van der Waals surface area (Å²) in [6.07, 6.45) is 9.00. The maximum absolute atomic E-state index is 12.7. The van der Waals surface area contributed by atoms with Crippen molar-refractivity contribution in [2.45, 2.75) is 62.9 Å². The first-order chi connectivity index (χ1) is 13.5. The number of likely N-dealkylation sites (N-methyl/N-ethyl adjacent to an activating group) is 1. The van der Waals surface area contributed by atoms with Gasteiger partial charge < -0.3 is 20.4 Å². The van der Waals surface area contributed by atoms with Gasteiger partial charge in [-0.15, -0.1) is 11.3 Å². The third kappa shape index (κ3) is 5.26. The minimum Gasteiger partial charge on any atom is -0.348 e. The van der Waals surface area contributed by atoms with Crippen molar-refractivity contribution in [2.24, 2.45) is 0 Å². The summed E-state index contributed by atoms with van der Waals surface area (Å²) in [6, 6.07) is 3.92. The first kappa shape index (κ1) is 21.1. The van der Waals surface area contributed by atoms with Gasteiger partial charge in [-0.2, -0.15) is 0 Å². The highest BCUT2D eigenvalue weighted by molar-refractivity contribution is 7.12. The lowest BCUT2D eigenvalue weighted by atomic mass is 9.88. The smallest absolute Gasteiger partial charge is 0.317 e. The quantitative estimate of drug-likeness (QED) is 0.738. The van der Waals surface area contributed by atoms with Crippen LogP contribution in [0.2, 0.25) is 0 Å². The van der Waals surface area contributed by atoms with Gasteiger partial charge in [0.25, 0.3) is 5.91 Å². The maximum atomic E-state index is 12.7. The molecule has 3 rings (SSSR count). The van der Waals surface area contributed by atoms with Crippen LogP contribution in [0.1, 0.15) is 61.0 Å². The Balaban J connectivity index is 1.45. The van der Waals surface area contributed by atoms with E-state index in [2.05, 4.69) is 29.6 Å². The van der Waals surface area contributed by atoms with E-state index in [1.807, 2.05) is 22.4 Å². The van der Waals surface area contributed by atoms with Crippen molar-refractivity contribution >= 4 is 23.3 Å². The lowest BCUT2D eigenvalue weighted by Gasteiger charge is -2.40. The molecular weight excluding hydrogens is 372 g/mol. The van der Waals surface area contributed by atoms with Gasteiger partial charge in [0.05, 0.1) is 4.88 Å². The Morgan fingerprint density at radius 1 is 1.18 bits per heavy atom. The fraction of sp³-hybridized carbons (Fsp3) is 0.714. The normalized spacial score (nSPS) is 20.6. The standard InChI is InChI=1S/C21H34N4O2S/c1-24(2)21(11-5-3-4-6-12-21)16-22-20(27)25-13-9-17(10-14-25)23-19(26)18-8-7-15-28-18/h7-8,15,17H,3-6,9-14,16H2,1-2H3,(H,22,27)(H,23,26). The van der Waals surface area contributed by atoms with E-state index in [-0.39, 0.29) is 23.5 Å². The lowest BCUT2D eigenvalue weighted by Crippen LogP contribution is -2.56. The molecule has 1 aliphatic heterocycles. The molecule has 3 amide bonds. The van der Waals surface area contributed by atoms with E-state index in [9.17, 15) is 9.59 Å². The van der Waals surface area contributed by atoms with Crippen molar-refractivity contribution < 1.29 is 9.59 Å². The van der Waals surface area contributed by atoms with Crippen LogP contribution in [0, 0.1) is 0 Å². The fourth-order valence-electron chi connectivity index (χ4n) is 4.41. The highest BCUT2D eigenvalue weighted by atomic mass is 32.1. The van der Waals surface area contributed by atoms with Gasteiger partial charge in [0.15, 0.2) is 0 Å². The molecule has 1 saturated carbocycles. The summed E-state index contributed by atoms with van der Waals surface area (Å²) in [7, 11) is 4.28. The summed E-state index contributed by atoms with van der Waals surface area (Å²) < 4.78 is 0. The fourth-order valence-corrected chi connectivity index (χ4v) is 5.04. The second kappa shape index (κ2) is 9.74. The van der Waals surface area contributed by atoms with Gasteiger partial charge in [0.1, 0.15) is 0 Å². The third-order valence-corrected chi connectivity index (χ3v) is 7.28. The van der Waals surface area contributed by atoms with Crippen LogP contribution in [0.5, 0.6) is 0 Å². The Morgan fingerprint density at radius 2 is 1.86 bits per heavy atom. The predicted molar refractivity (Wildman–Crippen MR) is 114 cm³/mol.